The van der Waals surface area contributed by atoms with Crippen LogP contribution in [0, 0.1) is 0 Å². The molecule has 0 saturated carbocycles. The molecule has 2 amide bonds. The first kappa shape index (κ1) is 30.9. The van der Waals surface area contributed by atoms with Crippen molar-refractivity contribution in [1.29, 1.82) is 0 Å². The number of carbonyl (C=O) groups is 2. The summed E-state index contributed by atoms with van der Waals surface area (Å²) in [5.74, 6) is -1.37. The van der Waals surface area contributed by atoms with Gasteiger partial charge in [-0.1, -0.05) is 117 Å². The molecule has 0 aromatic rings. The van der Waals surface area contributed by atoms with E-state index in [-0.39, 0.29) is 0 Å². The zero-order chi connectivity index (χ0) is 23.9. The fraction of sp³-hybridized carbons (Fsp3) is 0.923. The predicted molar refractivity (Wildman–Crippen MR) is 132 cm³/mol. The van der Waals surface area contributed by atoms with Crippen molar-refractivity contribution in [2.75, 3.05) is 13.1 Å². The summed E-state index contributed by atoms with van der Waals surface area (Å²) in [5.41, 5.74) is 0. The first-order chi connectivity index (χ1) is 15.5. The first-order valence-electron chi connectivity index (χ1n) is 13.5. The monoisotopic (exact) mass is 456 g/mol. The largest absolute Gasteiger partial charge is 0.380 e. The van der Waals surface area contributed by atoms with E-state index in [2.05, 4.69) is 24.5 Å². The number of rotatable bonds is 23. The summed E-state index contributed by atoms with van der Waals surface area (Å²) in [4.78, 5) is 23.9. The average molecular weight is 457 g/mol. The number of carbonyl (C=O) groups excluding carboxylic acids is 2. The Morgan fingerprint density at radius 2 is 0.750 bits per heavy atom. The molecule has 0 rings (SSSR count). The fourth-order valence-corrected chi connectivity index (χ4v) is 3.79. The van der Waals surface area contributed by atoms with E-state index >= 15 is 0 Å². The standard InChI is InChI=1S/C26H52N2O4/c1-3-5-7-9-11-13-14-16-18-20-22-28-26(32)24(30)23(29)25(31)27-21-19-17-15-12-10-8-6-4-2/h23-24,29-30H,3-22H2,1-2H3,(H,27,31)(H,28,32)/t23-,24-/m1/s1. The molecule has 0 spiro atoms. The topological polar surface area (TPSA) is 98.7 Å². The maximum absolute atomic E-state index is 12.0. The Hall–Kier alpha value is -1.14. The van der Waals surface area contributed by atoms with Crippen LogP contribution in [0.3, 0.4) is 0 Å². The van der Waals surface area contributed by atoms with E-state index in [0.29, 0.717) is 13.1 Å². The molecule has 0 aliphatic carbocycles. The predicted octanol–water partition coefficient (Wildman–Crippen LogP) is 5.00. The molecule has 0 unspecified atom stereocenters. The van der Waals surface area contributed by atoms with Gasteiger partial charge >= 0.3 is 0 Å². The highest BCUT2D eigenvalue weighted by Gasteiger charge is 2.29. The average Bonchev–Trinajstić information content (AvgIpc) is 2.80. The number of unbranched alkanes of at least 4 members (excludes halogenated alkanes) is 16. The molecule has 0 saturated heterocycles. The zero-order valence-electron chi connectivity index (χ0n) is 21.0. The van der Waals surface area contributed by atoms with Crippen LogP contribution in [0.4, 0.5) is 0 Å². The maximum atomic E-state index is 12.0. The number of hydrogen-bond acceptors (Lipinski definition) is 4. The summed E-state index contributed by atoms with van der Waals surface area (Å²) < 4.78 is 0. The molecule has 0 bridgehead atoms. The lowest BCUT2D eigenvalue weighted by Gasteiger charge is -2.17. The second-order valence-electron chi connectivity index (χ2n) is 9.13. The Balaban J connectivity index is 3.65. The van der Waals surface area contributed by atoms with E-state index in [9.17, 15) is 19.8 Å². The van der Waals surface area contributed by atoms with E-state index in [4.69, 9.17) is 0 Å². The molecule has 0 aromatic carbocycles. The number of aliphatic hydroxyl groups is 2. The van der Waals surface area contributed by atoms with Crippen LogP contribution in [0.25, 0.3) is 0 Å². The summed E-state index contributed by atoms with van der Waals surface area (Å²) >= 11 is 0. The lowest BCUT2D eigenvalue weighted by Crippen LogP contribution is -2.49. The molecule has 0 fully saturated rings. The van der Waals surface area contributed by atoms with Gasteiger partial charge in [0.05, 0.1) is 0 Å². The Kier molecular flexibility index (Phi) is 22.2. The normalized spacial score (nSPS) is 13.0. The molecule has 0 aliphatic rings. The highest BCUT2D eigenvalue weighted by molar-refractivity contribution is 5.90. The van der Waals surface area contributed by atoms with E-state index in [0.717, 1.165) is 38.5 Å². The maximum Gasteiger partial charge on any atom is 0.252 e. The summed E-state index contributed by atoms with van der Waals surface area (Å²) in [5, 5.41) is 25.1. The second kappa shape index (κ2) is 23.0. The smallest absolute Gasteiger partial charge is 0.252 e. The van der Waals surface area contributed by atoms with Crippen molar-refractivity contribution in [3.8, 4) is 0 Å². The van der Waals surface area contributed by atoms with Crippen molar-refractivity contribution in [1.82, 2.24) is 10.6 Å². The van der Waals surface area contributed by atoms with Gasteiger partial charge in [0, 0.05) is 13.1 Å². The van der Waals surface area contributed by atoms with Gasteiger partial charge in [-0.15, -0.1) is 0 Å². The molecule has 0 radical (unpaired) electrons. The number of amides is 2. The van der Waals surface area contributed by atoms with Gasteiger partial charge < -0.3 is 20.8 Å². The summed E-state index contributed by atoms with van der Waals surface area (Å²) in [6.45, 7) is 5.35. The third kappa shape index (κ3) is 18.4. The van der Waals surface area contributed by atoms with Gasteiger partial charge in [-0.3, -0.25) is 9.59 Å². The van der Waals surface area contributed by atoms with Gasteiger partial charge in [0.1, 0.15) is 0 Å². The van der Waals surface area contributed by atoms with E-state index in [1.165, 1.54) is 77.0 Å². The van der Waals surface area contributed by atoms with Crippen LogP contribution in [-0.2, 0) is 9.59 Å². The fourth-order valence-electron chi connectivity index (χ4n) is 3.79. The molecular weight excluding hydrogens is 404 g/mol. The van der Waals surface area contributed by atoms with Crippen molar-refractivity contribution < 1.29 is 19.8 Å². The van der Waals surface area contributed by atoms with Crippen LogP contribution in [0.5, 0.6) is 0 Å². The Labute approximate surface area is 197 Å². The Bertz CT molecular complexity index is 446. The third-order valence-corrected chi connectivity index (χ3v) is 6.00. The third-order valence-electron chi connectivity index (χ3n) is 6.00. The molecule has 6 heteroatoms. The van der Waals surface area contributed by atoms with Crippen LogP contribution >= 0.6 is 0 Å². The lowest BCUT2D eigenvalue weighted by molar-refractivity contribution is -0.146. The van der Waals surface area contributed by atoms with Crippen molar-refractivity contribution in [2.45, 2.75) is 142 Å². The number of aliphatic hydroxyl groups excluding tert-OH is 2. The van der Waals surface area contributed by atoms with Gasteiger partial charge in [-0.25, -0.2) is 0 Å². The summed E-state index contributed by atoms with van der Waals surface area (Å²) in [6.07, 6.45) is 18.0. The van der Waals surface area contributed by atoms with E-state index in [1.54, 1.807) is 0 Å². The van der Waals surface area contributed by atoms with Crippen LogP contribution < -0.4 is 10.6 Å². The first-order valence-corrected chi connectivity index (χ1v) is 13.5. The Morgan fingerprint density at radius 3 is 1.03 bits per heavy atom. The van der Waals surface area contributed by atoms with Gasteiger partial charge in [-0.05, 0) is 12.8 Å². The number of hydrogen-bond donors (Lipinski definition) is 4. The molecule has 4 N–H and O–H groups in total. The summed E-state index contributed by atoms with van der Waals surface area (Å²) in [7, 11) is 0. The van der Waals surface area contributed by atoms with Gasteiger partial charge in [-0.2, -0.15) is 0 Å². The van der Waals surface area contributed by atoms with Crippen LogP contribution in [0.15, 0.2) is 0 Å². The minimum atomic E-state index is -1.73. The zero-order valence-corrected chi connectivity index (χ0v) is 21.0. The molecule has 0 aliphatic heterocycles. The van der Waals surface area contributed by atoms with Crippen molar-refractivity contribution in [2.24, 2.45) is 0 Å². The van der Waals surface area contributed by atoms with Gasteiger partial charge in [0.25, 0.3) is 11.8 Å². The molecule has 190 valence electrons. The summed E-state index contributed by atoms with van der Waals surface area (Å²) in [6, 6.07) is 0. The van der Waals surface area contributed by atoms with Gasteiger partial charge in [0.15, 0.2) is 12.2 Å². The van der Waals surface area contributed by atoms with Crippen LogP contribution in [0.2, 0.25) is 0 Å². The lowest BCUT2D eigenvalue weighted by atomic mass is 10.1. The molecule has 0 aromatic heterocycles. The van der Waals surface area contributed by atoms with Crippen LogP contribution in [0.1, 0.15) is 129 Å². The molecule has 32 heavy (non-hydrogen) atoms. The highest BCUT2D eigenvalue weighted by atomic mass is 16.3. The highest BCUT2D eigenvalue weighted by Crippen LogP contribution is 2.10. The van der Waals surface area contributed by atoms with Crippen molar-refractivity contribution in [3.63, 3.8) is 0 Å². The van der Waals surface area contributed by atoms with E-state index in [1.807, 2.05) is 0 Å². The van der Waals surface area contributed by atoms with Gasteiger partial charge in [0.2, 0.25) is 0 Å². The van der Waals surface area contributed by atoms with Crippen LogP contribution in [-0.4, -0.2) is 47.3 Å². The Morgan fingerprint density at radius 1 is 0.500 bits per heavy atom. The van der Waals surface area contributed by atoms with Crippen molar-refractivity contribution >= 4 is 11.8 Å². The molecular formula is C26H52N2O4. The number of nitrogens with one attached hydrogen (secondary N) is 2. The second-order valence-corrected chi connectivity index (χ2v) is 9.13. The van der Waals surface area contributed by atoms with Crippen molar-refractivity contribution in [3.05, 3.63) is 0 Å². The molecule has 6 nitrogen and oxygen atoms in total. The SMILES string of the molecule is CCCCCCCCCCCCNC(=O)[C@H](O)[C@@H](O)C(=O)NCCCCCCCCCC. The van der Waals surface area contributed by atoms with E-state index < -0.39 is 24.0 Å². The molecule has 0 heterocycles. The quantitative estimate of drug-likeness (QED) is 0.163. The minimum absolute atomic E-state index is 0.456. The molecule has 2 atom stereocenters. The minimum Gasteiger partial charge on any atom is -0.380 e.